The van der Waals surface area contributed by atoms with E-state index in [9.17, 15) is 14.7 Å². The van der Waals surface area contributed by atoms with Gasteiger partial charge in [0, 0.05) is 23.4 Å². The van der Waals surface area contributed by atoms with E-state index in [1.165, 1.54) is 12.1 Å². The van der Waals surface area contributed by atoms with Crippen molar-refractivity contribution < 1.29 is 14.7 Å². The molecule has 23 heavy (non-hydrogen) atoms. The summed E-state index contributed by atoms with van der Waals surface area (Å²) in [6.45, 7) is 3.96. The molecule has 0 heterocycles. The molecule has 0 aliphatic heterocycles. The molecule has 0 fully saturated rings. The number of hydrogen-bond acceptors (Lipinski definition) is 3. The van der Waals surface area contributed by atoms with Crippen molar-refractivity contribution in [1.82, 2.24) is 0 Å². The van der Waals surface area contributed by atoms with E-state index in [2.05, 4.69) is 10.6 Å². The van der Waals surface area contributed by atoms with Crippen molar-refractivity contribution in [3.63, 3.8) is 0 Å². The minimum Gasteiger partial charge on any atom is -0.508 e. The first kappa shape index (κ1) is 16.5. The lowest BCUT2D eigenvalue weighted by atomic mass is 10.1. The number of benzene rings is 2. The van der Waals surface area contributed by atoms with Crippen LogP contribution in [-0.4, -0.2) is 16.9 Å². The van der Waals surface area contributed by atoms with Gasteiger partial charge in [0.2, 0.25) is 5.91 Å². The molecule has 3 N–H and O–H groups in total. The topological polar surface area (TPSA) is 78.4 Å². The van der Waals surface area contributed by atoms with Gasteiger partial charge in [0.15, 0.2) is 0 Å². The molecule has 0 saturated carbocycles. The first-order valence-corrected chi connectivity index (χ1v) is 7.44. The van der Waals surface area contributed by atoms with Crippen LogP contribution in [0.2, 0.25) is 0 Å². The smallest absolute Gasteiger partial charge is 0.255 e. The predicted octanol–water partition coefficient (Wildman–Crippen LogP) is 3.63. The lowest BCUT2D eigenvalue weighted by molar-refractivity contribution is -0.116. The van der Waals surface area contributed by atoms with Gasteiger partial charge in [-0.15, -0.1) is 0 Å². The summed E-state index contributed by atoms with van der Waals surface area (Å²) in [5.41, 5.74) is 1.75. The van der Waals surface area contributed by atoms with Gasteiger partial charge >= 0.3 is 0 Å². The van der Waals surface area contributed by atoms with Crippen molar-refractivity contribution >= 4 is 23.2 Å². The van der Waals surface area contributed by atoms with Crippen molar-refractivity contribution in [2.75, 3.05) is 10.6 Å². The lowest BCUT2D eigenvalue weighted by Crippen LogP contribution is -2.14. The maximum Gasteiger partial charge on any atom is 0.255 e. The molecule has 2 aromatic rings. The molecule has 0 bridgehead atoms. The summed E-state index contributed by atoms with van der Waals surface area (Å²) in [5.74, 6) is 0.145. The van der Waals surface area contributed by atoms with Gasteiger partial charge in [0.25, 0.3) is 5.91 Å². The molecule has 5 nitrogen and oxygen atoms in total. The maximum absolute atomic E-state index is 12.1. The van der Waals surface area contributed by atoms with Crippen molar-refractivity contribution in [2.24, 2.45) is 5.92 Å². The summed E-state index contributed by atoms with van der Waals surface area (Å²) in [4.78, 5) is 23.8. The first-order chi connectivity index (χ1) is 10.9. The molecule has 2 amide bonds. The second-order valence-corrected chi connectivity index (χ2v) is 5.72. The minimum absolute atomic E-state index is 0.0405. The highest BCUT2D eigenvalue weighted by Gasteiger charge is 2.08. The third-order valence-corrected chi connectivity index (χ3v) is 3.15. The fraction of sp³-hybridized carbons (Fsp3) is 0.222. The molecule has 2 aromatic carbocycles. The molecule has 0 saturated heterocycles. The summed E-state index contributed by atoms with van der Waals surface area (Å²) in [6.07, 6.45) is 0.461. The van der Waals surface area contributed by atoms with Gasteiger partial charge in [-0.1, -0.05) is 13.8 Å². The Morgan fingerprint density at radius 1 is 0.913 bits per heavy atom. The molecule has 0 aliphatic carbocycles. The van der Waals surface area contributed by atoms with Crippen LogP contribution in [0.5, 0.6) is 5.75 Å². The zero-order valence-corrected chi connectivity index (χ0v) is 13.2. The summed E-state index contributed by atoms with van der Waals surface area (Å²) in [5, 5.41) is 14.7. The van der Waals surface area contributed by atoms with Crippen LogP contribution in [0.25, 0.3) is 0 Å². The van der Waals surface area contributed by atoms with Crippen molar-refractivity contribution in [2.45, 2.75) is 20.3 Å². The van der Waals surface area contributed by atoms with E-state index in [0.29, 0.717) is 29.3 Å². The number of carbonyl (C=O) groups is 2. The van der Waals surface area contributed by atoms with Gasteiger partial charge in [-0.25, -0.2) is 0 Å². The van der Waals surface area contributed by atoms with Gasteiger partial charge in [0.1, 0.15) is 5.75 Å². The largest absolute Gasteiger partial charge is 0.508 e. The second-order valence-electron chi connectivity index (χ2n) is 5.72. The van der Waals surface area contributed by atoms with E-state index in [1.807, 2.05) is 13.8 Å². The molecule has 0 aliphatic rings. The van der Waals surface area contributed by atoms with Crippen molar-refractivity contribution in [1.29, 1.82) is 0 Å². The molecule has 2 rings (SSSR count). The van der Waals surface area contributed by atoms with Gasteiger partial charge in [-0.2, -0.15) is 0 Å². The third kappa shape index (κ3) is 5.14. The number of carbonyl (C=O) groups excluding carboxylic acids is 2. The van der Waals surface area contributed by atoms with Gasteiger partial charge in [-0.05, 0) is 54.4 Å². The van der Waals surface area contributed by atoms with Gasteiger partial charge < -0.3 is 15.7 Å². The van der Waals surface area contributed by atoms with E-state index in [-0.39, 0.29) is 17.6 Å². The van der Waals surface area contributed by atoms with E-state index in [1.54, 1.807) is 36.4 Å². The Morgan fingerprint density at radius 3 is 2.00 bits per heavy atom. The van der Waals surface area contributed by atoms with Crippen molar-refractivity contribution in [3.8, 4) is 5.75 Å². The first-order valence-electron chi connectivity index (χ1n) is 7.44. The zero-order chi connectivity index (χ0) is 16.8. The fourth-order valence-electron chi connectivity index (χ4n) is 2.04. The highest BCUT2D eigenvalue weighted by Crippen LogP contribution is 2.16. The number of aromatic hydroxyl groups is 1. The van der Waals surface area contributed by atoms with E-state index in [4.69, 9.17) is 0 Å². The Kier molecular flexibility index (Phi) is 5.36. The van der Waals surface area contributed by atoms with Crippen LogP contribution < -0.4 is 10.6 Å². The molecule has 0 spiro atoms. The Hall–Kier alpha value is -2.82. The van der Waals surface area contributed by atoms with Crippen LogP contribution in [-0.2, 0) is 4.79 Å². The third-order valence-electron chi connectivity index (χ3n) is 3.15. The normalized spacial score (nSPS) is 10.4. The Labute approximate surface area is 135 Å². The van der Waals surface area contributed by atoms with Crippen molar-refractivity contribution in [3.05, 3.63) is 54.1 Å². The molecule has 0 unspecified atom stereocenters. The number of hydrogen-bond donors (Lipinski definition) is 3. The monoisotopic (exact) mass is 312 g/mol. The van der Waals surface area contributed by atoms with E-state index in [0.717, 1.165) is 0 Å². The quantitative estimate of drug-likeness (QED) is 0.738. The number of nitrogens with one attached hydrogen (secondary N) is 2. The molecule has 5 heteroatoms. The Morgan fingerprint density at radius 2 is 1.43 bits per heavy atom. The average Bonchev–Trinajstić information content (AvgIpc) is 2.49. The minimum atomic E-state index is -0.254. The molecule has 0 atom stereocenters. The van der Waals surface area contributed by atoms with Crippen LogP contribution in [0, 0.1) is 5.92 Å². The second kappa shape index (κ2) is 7.45. The number of amides is 2. The zero-order valence-electron chi connectivity index (χ0n) is 13.2. The van der Waals surface area contributed by atoms with E-state index < -0.39 is 0 Å². The summed E-state index contributed by atoms with van der Waals surface area (Å²) in [7, 11) is 0. The average molecular weight is 312 g/mol. The Balaban J connectivity index is 1.97. The molecule has 120 valence electrons. The molecular weight excluding hydrogens is 292 g/mol. The molecule has 0 radical (unpaired) electrons. The maximum atomic E-state index is 12.1. The summed E-state index contributed by atoms with van der Waals surface area (Å²) < 4.78 is 0. The van der Waals surface area contributed by atoms with Gasteiger partial charge in [0.05, 0.1) is 0 Å². The molecular formula is C18H20N2O3. The number of phenols is 1. The van der Waals surface area contributed by atoms with Crippen LogP contribution in [0.3, 0.4) is 0 Å². The summed E-state index contributed by atoms with van der Waals surface area (Å²) >= 11 is 0. The standard InChI is InChI=1S/C18H20N2O3/c1-12(2)11-17(22)19-14-5-3-13(4-6-14)18(23)20-15-7-9-16(21)10-8-15/h3-10,12,21H,11H2,1-2H3,(H,19,22)(H,20,23). The highest BCUT2D eigenvalue weighted by atomic mass is 16.3. The van der Waals surface area contributed by atoms with Crippen LogP contribution in [0.1, 0.15) is 30.6 Å². The van der Waals surface area contributed by atoms with Crippen LogP contribution in [0.15, 0.2) is 48.5 Å². The van der Waals surface area contributed by atoms with Gasteiger partial charge in [-0.3, -0.25) is 9.59 Å². The number of rotatable bonds is 5. The molecule has 0 aromatic heterocycles. The van der Waals surface area contributed by atoms with Crippen LogP contribution >= 0.6 is 0 Å². The van der Waals surface area contributed by atoms with Crippen LogP contribution in [0.4, 0.5) is 11.4 Å². The Bertz CT molecular complexity index is 676. The van der Waals surface area contributed by atoms with E-state index >= 15 is 0 Å². The predicted molar refractivity (Wildman–Crippen MR) is 90.6 cm³/mol. The summed E-state index contributed by atoms with van der Waals surface area (Å²) in [6, 6.07) is 12.9. The number of anilines is 2. The lowest BCUT2D eigenvalue weighted by Gasteiger charge is -2.09. The highest BCUT2D eigenvalue weighted by molar-refractivity contribution is 6.04. The fourth-order valence-corrected chi connectivity index (χ4v) is 2.04. The SMILES string of the molecule is CC(C)CC(=O)Nc1ccc(C(=O)Nc2ccc(O)cc2)cc1. The number of phenolic OH excluding ortho intramolecular Hbond substituents is 1.